The number of hydrogen-bond acceptors (Lipinski definition) is 1. The van der Waals surface area contributed by atoms with E-state index in [1.54, 1.807) is 0 Å². The van der Waals surface area contributed by atoms with Crippen LogP contribution in [-0.4, -0.2) is 0 Å². The second kappa shape index (κ2) is 3.51. The van der Waals surface area contributed by atoms with Crippen LogP contribution in [0, 0.1) is 6.92 Å². The quantitative estimate of drug-likeness (QED) is 0.667. The largest absolute Gasteiger partial charge is 0.144 e. The molecule has 0 fully saturated rings. The molecule has 0 nitrogen and oxygen atoms in total. The minimum absolute atomic E-state index is 1.21. The van der Waals surface area contributed by atoms with Crippen molar-refractivity contribution in [1.82, 2.24) is 0 Å². The Labute approximate surface area is 83.2 Å². The van der Waals surface area contributed by atoms with Gasteiger partial charge in [-0.15, -0.1) is 11.3 Å². The van der Waals surface area contributed by atoms with Crippen LogP contribution >= 0.6 is 11.3 Å². The molecule has 0 unspecified atom stereocenters. The number of hydrogen-bond donors (Lipinski definition) is 0. The third-order valence-electron chi connectivity index (χ3n) is 2.33. The zero-order valence-corrected chi connectivity index (χ0v) is 8.95. The van der Waals surface area contributed by atoms with Crippen LogP contribution in [0.3, 0.4) is 0 Å². The predicted molar refractivity (Wildman–Crippen MR) is 60.6 cm³/mol. The Morgan fingerprint density at radius 1 is 1.31 bits per heavy atom. The minimum atomic E-state index is 1.21. The number of rotatable bonds is 2. The molecule has 1 aromatic carbocycles. The fraction of sp³-hybridized carbons (Fsp3) is 0.333. The first-order valence-electron chi connectivity index (χ1n) is 4.78. The van der Waals surface area contributed by atoms with E-state index in [0.29, 0.717) is 0 Å². The van der Waals surface area contributed by atoms with Crippen LogP contribution in [0.5, 0.6) is 0 Å². The second-order valence-corrected chi connectivity index (χ2v) is 4.42. The smallest absolute Gasteiger partial charge is 0.0345 e. The normalized spacial score (nSPS) is 10.9. The van der Waals surface area contributed by atoms with Gasteiger partial charge in [0.2, 0.25) is 0 Å². The molecule has 0 saturated carbocycles. The molecule has 13 heavy (non-hydrogen) atoms. The van der Waals surface area contributed by atoms with E-state index in [1.165, 1.54) is 34.1 Å². The molecular formula is C12H14S. The van der Waals surface area contributed by atoms with E-state index in [0.717, 1.165) is 0 Å². The molecular weight excluding hydrogens is 176 g/mol. The Balaban J connectivity index is 2.58. The van der Waals surface area contributed by atoms with Crippen molar-refractivity contribution in [2.24, 2.45) is 0 Å². The Morgan fingerprint density at radius 2 is 2.15 bits per heavy atom. The summed E-state index contributed by atoms with van der Waals surface area (Å²) < 4.78 is 1.43. The summed E-state index contributed by atoms with van der Waals surface area (Å²) in [4.78, 5) is 0. The van der Waals surface area contributed by atoms with Gasteiger partial charge in [-0.05, 0) is 35.7 Å². The van der Waals surface area contributed by atoms with E-state index in [2.05, 4.69) is 37.4 Å². The van der Waals surface area contributed by atoms with Crippen LogP contribution in [0.4, 0.5) is 0 Å². The van der Waals surface area contributed by atoms with Gasteiger partial charge >= 0.3 is 0 Å². The van der Waals surface area contributed by atoms with Crippen LogP contribution < -0.4 is 0 Å². The molecule has 0 bridgehead atoms. The number of fused-ring (bicyclic) bond motifs is 1. The van der Waals surface area contributed by atoms with E-state index in [9.17, 15) is 0 Å². The van der Waals surface area contributed by atoms with E-state index in [4.69, 9.17) is 0 Å². The van der Waals surface area contributed by atoms with Crippen LogP contribution in [-0.2, 0) is 6.42 Å². The molecule has 0 amide bonds. The van der Waals surface area contributed by atoms with Gasteiger partial charge in [0.05, 0.1) is 0 Å². The molecule has 1 heterocycles. The zero-order chi connectivity index (χ0) is 9.26. The van der Waals surface area contributed by atoms with Crippen molar-refractivity contribution in [3.05, 3.63) is 34.7 Å². The summed E-state index contributed by atoms with van der Waals surface area (Å²) in [6, 6.07) is 6.72. The molecule has 0 aliphatic carbocycles. The van der Waals surface area contributed by atoms with Gasteiger partial charge in [-0.1, -0.05) is 31.0 Å². The monoisotopic (exact) mass is 190 g/mol. The Hall–Kier alpha value is -0.820. The van der Waals surface area contributed by atoms with Crippen molar-refractivity contribution in [3.63, 3.8) is 0 Å². The third-order valence-corrected chi connectivity index (χ3v) is 3.34. The average Bonchev–Trinajstić information content (AvgIpc) is 2.49. The molecule has 0 aliphatic rings. The van der Waals surface area contributed by atoms with Crippen LogP contribution in [0.1, 0.15) is 24.5 Å². The summed E-state index contributed by atoms with van der Waals surface area (Å²) in [6.07, 6.45) is 2.45. The van der Waals surface area contributed by atoms with Gasteiger partial charge < -0.3 is 0 Å². The molecule has 0 aliphatic heterocycles. The van der Waals surface area contributed by atoms with Crippen molar-refractivity contribution >= 4 is 21.4 Å². The highest BCUT2D eigenvalue weighted by Gasteiger charge is 2.02. The summed E-state index contributed by atoms with van der Waals surface area (Å²) in [5.41, 5.74) is 2.88. The molecule has 1 aromatic heterocycles. The van der Waals surface area contributed by atoms with Gasteiger partial charge in [0.1, 0.15) is 0 Å². The zero-order valence-electron chi connectivity index (χ0n) is 8.13. The third kappa shape index (κ3) is 1.61. The summed E-state index contributed by atoms with van der Waals surface area (Å²) >= 11 is 1.86. The highest BCUT2D eigenvalue weighted by Crippen LogP contribution is 2.27. The number of benzene rings is 1. The van der Waals surface area contributed by atoms with Crippen molar-refractivity contribution in [3.8, 4) is 0 Å². The lowest BCUT2D eigenvalue weighted by Gasteiger charge is -1.97. The lowest BCUT2D eigenvalue weighted by molar-refractivity contribution is 0.933. The second-order valence-electron chi connectivity index (χ2n) is 3.51. The molecule has 0 radical (unpaired) electrons. The molecule has 68 valence electrons. The first-order chi connectivity index (χ1) is 6.31. The van der Waals surface area contributed by atoms with Crippen LogP contribution in [0.25, 0.3) is 10.1 Å². The Morgan fingerprint density at radius 3 is 2.92 bits per heavy atom. The Kier molecular flexibility index (Phi) is 2.36. The highest BCUT2D eigenvalue weighted by molar-refractivity contribution is 7.17. The molecule has 0 spiro atoms. The van der Waals surface area contributed by atoms with Gasteiger partial charge in [0.25, 0.3) is 0 Å². The molecule has 0 atom stereocenters. The van der Waals surface area contributed by atoms with E-state index >= 15 is 0 Å². The Bertz CT molecular complexity index is 412. The maximum Gasteiger partial charge on any atom is 0.0345 e. The van der Waals surface area contributed by atoms with Gasteiger partial charge in [-0.3, -0.25) is 0 Å². The van der Waals surface area contributed by atoms with Gasteiger partial charge in [0, 0.05) is 4.70 Å². The average molecular weight is 190 g/mol. The summed E-state index contributed by atoms with van der Waals surface area (Å²) in [7, 11) is 0. The van der Waals surface area contributed by atoms with Gasteiger partial charge in [0.15, 0.2) is 0 Å². The lowest BCUT2D eigenvalue weighted by atomic mass is 10.1. The van der Waals surface area contributed by atoms with Crippen molar-refractivity contribution in [2.45, 2.75) is 26.7 Å². The molecule has 2 aromatic rings. The first kappa shape index (κ1) is 8.76. The van der Waals surface area contributed by atoms with Gasteiger partial charge in [-0.25, -0.2) is 0 Å². The fourth-order valence-corrected chi connectivity index (χ4v) is 2.64. The topological polar surface area (TPSA) is 0 Å². The number of aryl methyl sites for hydroxylation is 2. The maximum absolute atomic E-state index is 2.30. The molecule has 0 saturated heterocycles. The lowest BCUT2D eigenvalue weighted by Crippen LogP contribution is -1.79. The summed E-state index contributed by atoms with van der Waals surface area (Å²) in [5.74, 6) is 0. The van der Waals surface area contributed by atoms with Crippen molar-refractivity contribution < 1.29 is 0 Å². The van der Waals surface area contributed by atoms with E-state index in [1.807, 2.05) is 11.3 Å². The highest BCUT2D eigenvalue weighted by atomic mass is 32.1. The summed E-state index contributed by atoms with van der Waals surface area (Å²) in [5, 5.41) is 3.76. The maximum atomic E-state index is 2.30. The molecule has 0 N–H and O–H groups in total. The fourth-order valence-electron chi connectivity index (χ4n) is 1.66. The van der Waals surface area contributed by atoms with Crippen molar-refractivity contribution in [1.29, 1.82) is 0 Å². The van der Waals surface area contributed by atoms with Crippen LogP contribution in [0.15, 0.2) is 23.6 Å². The molecule has 1 heteroatoms. The SMILES string of the molecule is CCCc1csc2ccc(C)cc12. The standard InChI is InChI=1S/C12H14S/c1-3-4-10-8-13-12-6-5-9(2)7-11(10)12/h5-8H,3-4H2,1-2H3. The minimum Gasteiger partial charge on any atom is -0.144 e. The molecule has 2 rings (SSSR count). The van der Waals surface area contributed by atoms with Gasteiger partial charge in [-0.2, -0.15) is 0 Å². The first-order valence-corrected chi connectivity index (χ1v) is 5.66. The van der Waals surface area contributed by atoms with Crippen molar-refractivity contribution in [2.75, 3.05) is 0 Å². The van der Waals surface area contributed by atoms with E-state index < -0.39 is 0 Å². The predicted octanol–water partition coefficient (Wildman–Crippen LogP) is 4.16. The van der Waals surface area contributed by atoms with E-state index in [-0.39, 0.29) is 0 Å². The summed E-state index contributed by atoms with van der Waals surface area (Å²) in [6.45, 7) is 4.39. The van der Waals surface area contributed by atoms with Crippen LogP contribution in [0.2, 0.25) is 0 Å². The number of thiophene rings is 1.